The molecule has 1 aliphatic heterocycles. The van der Waals surface area contributed by atoms with Crippen molar-refractivity contribution in [1.29, 1.82) is 0 Å². The molecule has 1 aromatic carbocycles. The van der Waals surface area contributed by atoms with Crippen LogP contribution in [-0.2, 0) is 17.6 Å². The van der Waals surface area contributed by atoms with Crippen molar-refractivity contribution in [2.45, 2.75) is 70.8 Å². The normalized spacial score (nSPS) is 17.4. The number of hydrogen-bond donors (Lipinski definition) is 1. The maximum absolute atomic E-state index is 9.85. The average molecular weight is 276 g/mol. The van der Waals surface area contributed by atoms with Crippen molar-refractivity contribution in [2.24, 2.45) is 0 Å². The summed E-state index contributed by atoms with van der Waals surface area (Å²) < 4.78 is 5.24. The lowest BCUT2D eigenvalue weighted by Crippen LogP contribution is -1.96. The van der Waals surface area contributed by atoms with Gasteiger partial charge in [0.1, 0.15) is 5.75 Å². The minimum absolute atomic E-state index is 0.342. The molecule has 1 atom stereocenters. The molecule has 1 fully saturated rings. The highest BCUT2D eigenvalue weighted by atomic mass is 16.6. The minimum Gasteiger partial charge on any atom is -0.508 e. The lowest BCUT2D eigenvalue weighted by Gasteiger charge is -2.07. The van der Waals surface area contributed by atoms with E-state index >= 15 is 0 Å². The molecule has 0 saturated carbocycles. The largest absolute Gasteiger partial charge is 0.508 e. The summed E-state index contributed by atoms with van der Waals surface area (Å²) >= 11 is 0. The summed E-state index contributed by atoms with van der Waals surface area (Å²) in [4.78, 5) is 0. The highest BCUT2D eigenvalue weighted by Crippen LogP contribution is 2.25. The topological polar surface area (TPSA) is 32.8 Å². The second-order valence-corrected chi connectivity index (χ2v) is 5.99. The standard InChI is InChI=1S/C18H28O2/c1-2-3-4-5-6-7-8-9-15-10-11-18(19)16(12-15)13-17-14-20-17/h10-12,17,19H,2-9,13-14H2,1H3. The number of aryl methyl sites for hydroxylation is 1. The Balaban J connectivity index is 1.67. The summed E-state index contributed by atoms with van der Waals surface area (Å²) in [5.41, 5.74) is 2.40. The molecular formula is C18H28O2. The number of phenolic OH excluding ortho intramolecular Hbond substituents is 1. The first-order chi connectivity index (χ1) is 9.79. The van der Waals surface area contributed by atoms with Gasteiger partial charge in [-0.05, 0) is 30.0 Å². The van der Waals surface area contributed by atoms with Crippen LogP contribution in [0, 0.1) is 0 Å². The van der Waals surface area contributed by atoms with Crippen LogP contribution in [0.1, 0.15) is 63.0 Å². The van der Waals surface area contributed by atoms with Crippen LogP contribution in [0.25, 0.3) is 0 Å². The molecule has 1 heterocycles. The van der Waals surface area contributed by atoms with Gasteiger partial charge in [-0.25, -0.2) is 0 Å². The Morgan fingerprint density at radius 3 is 2.50 bits per heavy atom. The van der Waals surface area contributed by atoms with Gasteiger partial charge in [0.05, 0.1) is 12.7 Å². The summed E-state index contributed by atoms with van der Waals surface area (Å²) in [6.07, 6.45) is 11.8. The molecule has 0 aliphatic carbocycles. The van der Waals surface area contributed by atoms with Crippen molar-refractivity contribution in [2.75, 3.05) is 6.61 Å². The third-order valence-corrected chi connectivity index (χ3v) is 4.06. The number of hydrogen-bond acceptors (Lipinski definition) is 2. The van der Waals surface area contributed by atoms with Crippen LogP contribution < -0.4 is 0 Å². The molecular weight excluding hydrogens is 248 g/mol. The van der Waals surface area contributed by atoms with Gasteiger partial charge in [0.25, 0.3) is 0 Å². The fourth-order valence-electron chi connectivity index (χ4n) is 2.68. The number of benzene rings is 1. The van der Waals surface area contributed by atoms with E-state index in [1.54, 1.807) is 0 Å². The van der Waals surface area contributed by atoms with Crippen LogP contribution in [-0.4, -0.2) is 17.8 Å². The molecule has 20 heavy (non-hydrogen) atoms. The molecule has 1 aromatic rings. The summed E-state index contributed by atoms with van der Waals surface area (Å²) in [6.45, 7) is 3.11. The monoisotopic (exact) mass is 276 g/mol. The molecule has 1 unspecified atom stereocenters. The van der Waals surface area contributed by atoms with E-state index in [4.69, 9.17) is 4.74 Å². The van der Waals surface area contributed by atoms with E-state index in [0.717, 1.165) is 25.0 Å². The van der Waals surface area contributed by atoms with Crippen LogP contribution in [0.3, 0.4) is 0 Å². The van der Waals surface area contributed by atoms with Gasteiger partial charge in [-0.1, -0.05) is 57.6 Å². The Hall–Kier alpha value is -1.02. The quantitative estimate of drug-likeness (QED) is 0.499. The number of phenols is 1. The molecule has 0 aromatic heterocycles. The maximum Gasteiger partial charge on any atom is 0.118 e. The van der Waals surface area contributed by atoms with E-state index in [1.165, 1.54) is 50.5 Å². The second-order valence-electron chi connectivity index (χ2n) is 5.99. The van der Waals surface area contributed by atoms with Crippen LogP contribution in [0.2, 0.25) is 0 Å². The lowest BCUT2D eigenvalue weighted by atomic mass is 10.0. The van der Waals surface area contributed by atoms with Crippen molar-refractivity contribution in [3.8, 4) is 5.75 Å². The average Bonchev–Trinajstić information content (AvgIpc) is 3.25. The van der Waals surface area contributed by atoms with E-state index in [-0.39, 0.29) is 0 Å². The number of unbranched alkanes of at least 4 members (excludes halogenated alkanes) is 6. The van der Waals surface area contributed by atoms with Gasteiger partial charge in [0.2, 0.25) is 0 Å². The van der Waals surface area contributed by atoms with Crippen molar-refractivity contribution < 1.29 is 9.84 Å². The highest BCUT2D eigenvalue weighted by Gasteiger charge is 2.23. The molecule has 1 saturated heterocycles. The number of epoxide rings is 1. The van der Waals surface area contributed by atoms with Crippen molar-refractivity contribution in [3.63, 3.8) is 0 Å². The summed E-state index contributed by atoms with van der Waals surface area (Å²) in [5.74, 6) is 0.420. The first-order valence-corrected chi connectivity index (χ1v) is 8.22. The van der Waals surface area contributed by atoms with Gasteiger partial charge in [-0.3, -0.25) is 0 Å². The van der Waals surface area contributed by atoms with E-state index in [1.807, 2.05) is 6.07 Å². The van der Waals surface area contributed by atoms with Gasteiger partial charge in [-0.15, -0.1) is 0 Å². The van der Waals surface area contributed by atoms with Crippen molar-refractivity contribution in [3.05, 3.63) is 29.3 Å². The fourth-order valence-corrected chi connectivity index (χ4v) is 2.68. The number of aromatic hydroxyl groups is 1. The van der Waals surface area contributed by atoms with E-state index in [0.29, 0.717) is 11.9 Å². The van der Waals surface area contributed by atoms with Gasteiger partial charge in [0, 0.05) is 6.42 Å². The number of ether oxygens (including phenoxy) is 1. The zero-order valence-corrected chi connectivity index (χ0v) is 12.7. The van der Waals surface area contributed by atoms with E-state index < -0.39 is 0 Å². The summed E-state index contributed by atoms with van der Waals surface area (Å²) in [6, 6.07) is 6.06. The highest BCUT2D eigenvalue weighted by molar-refractivity contribution is 5.37. The summed E-state index contributed by atoms with van der Waals surface area (Å²) in [7, 11) is 0. The Labute approximate surface area is 123 Å². The second kappa shape index (κ2) is 8.31. The molecule has 0 amide bonds. The Kier molecular flexibility index (Phi) is 6.38. The van der Waals surface area contributed by atoms with Gasteiger partial charge in [0.15, 0.2) is 0 Å². The Morgan fingerprint density at radius 1 is 1.10 bits per heavy atom. The molecule has 1 aliphatic rings. The third kappa shape index (κ3) is 5.54. The maximum atomic E-state index is 9.85. The van der Waals surface area contributed by atoms with E-state index in [2.05, 4.69) is 19.1 Å². The molecule has 0 bridgehead atoms. The predicted octanol–water partition coefficient (Wildman–Crippen LogP) is 4.63. The molecule has 2 nitrogen and oxygen atoms in total. The zero-order chi connectivity index (χ0) is 14.2. The molecule has 1 N–H and O–H groups in total. The first kappa shape index (κ1) is 15.4. The minimum atomic E-state index is 0.342. The van der Waals surface area contributed by atoms with Crippen LogP contribution >= 0.6 is 0 Å². The molecule has 0 radical (unpaired) electrons. The first-order valence-electron chi connectivity index (χ1n) is 8.22. The van der Waals surface area contributed by atoms with Crippen molar-refractivity contribution >= 4 is 0 Å². The smallest absolute Gasteiger partial charge is 0.118 e. The SMILES string of the molecule is CCCCCCCCCc1ccc(O)c(CC2CO2)c1. The molecule has 0 spiro atoms. The van der Waals surface area contributed by atoms with Crippen molar-refractivity contribution in [1.82, 2.24) is 0 Å². The van der Waals surface area contributed by atoms with Gasteiger partial charge < -0.3 is 9.84 Å². The molecule has 2 rings (SSSR count). The fraction of sp³-hybridized carbons (Fsp3) is 0.667. The van der Waals surface area contributed by atoms with Gasteiger partial charge in [-0.2, -0.15) is 0 Å². The number of rotatable bonds is 10. The predicted molar refractivity (Wildman–Crippen MR) is 83.2 cm³/mol. The molecule has 112 valence electrons. The third-order valence-electron chi connectivity index (χ3n) is 4.06. The van der Waals surface area contributed by atoms with Crippen LogP contribution in [0.15, 0.2) is 18.2 Å². The Morgan fingerprint density at radius 2 is 1.80 bits per heavy atom. The van der Waals surface area contributed by atoms with Crippen LogP contribution in [0.4, 0.5) is 0 Å². The Bertz CT molecular complexity index is 396. The van der Waals surface area contributed by atoms with E-state index in [9.17, 15) is 5.11 Å². The van der Waals surface area contributed by atoms with Gasteiger partial charge >= 0.3 is 0 Å². The molecule has 2 heteroatoms. The van der Waals surface area contributed by atoms with Crippen LogP contribution in [0.5, 0.6) is 5.75 Å². The lowest BCUT2D eigenvalue weighted by molar-refractivity contribution is 0.401. The zero-order valence-electron chi connectivity index (χ0n) is 12.7. The summed E-state index contributed by atoms with van der Waals surface area (Å²) in [5, 5.41) is 9.85.